The molecule has 4 N–H and O–H groups in total. The number of anilines is 1. The number of aliphatic hydroxyl groups is 1. The Labute approximate surface area is 218 Å². The first kappa shape index (κ1) is 23.7. The van der Waals surface area contributed by atoms with Gasteiger partial charge in [-0.3, -0.25) is 15.1 Å². The Balaban J connectivity index is 1.37. The molecule has 0 saturated carbocycles. The van der Waals surface area contributed by atoms with Crippen molar-refractivity contribution < 1.29 is 9.50 Å². The van der Waals surface area contributed by atoms with Crippen molar-refractivity contribution in [1.82, 2.24) is 30.1 Å². The minimum absolute atomic E-state index is 0.287. The van der Waals surface area contributed by atoms with Crippen LogP contribution >= 0.6 is 0 Å². The zero-order valence-corrected chi connectivity index (χ0v) is 20.9. The van der Waals surface area contributed by atoms with E-state index in [1.807, 2.05) is 24.3 Å². The molecule has 0 spiro atoms. The summed E-state index contributed by atoms with van der Waals surface area (Å²) in [6.45, 7) is 4.13. The molecule has 0 fully saturated rings. The number of aromatic amines is 2. The number of pyridine rings is 3. The van der Waals surface area contributed by atoms with E-state index in [0.29, 0.717) is 18.0 Å². The molecule has 1 atom stereocenters. The highest BCUT2D eigenvalue weighted by atomic mass is 19.1. The van der Waals surface area contributed by atoms with Gasteiger partial charge in [-0.1, -0.05) is 13.8 Å². The van der Waals surface area contributed by atoms with Crippen LogP contribution in [0.1, 0.15) is 20.3 Å². The fourth-order valence-electron chi connectivity index (χ4n) is 4.66. The average Bonchev–Trinajstić information content (AvgIpc) is 3.52. The fraction of sp³-hybridized carbons (Fsp3) is 0.172. The van der Waals surface area contributed by atoms with E-state index in [0.717, 1.165) is 55.7 Å². The maximum atomic E-state index is 13.5. The van der Waals surface area contributed by atoms with Crippen molar-refractivity contribution in [2.24, 2.45) is 5.92 Å². The summed E-state index contributed by atoms with van der Waals surface area (Å²) in [6, 6.07) is 14.2. The molecule has 0 aliphatic rings. The topological polar surface area (TPSA) is 115 Å². The lowest BCUT2D eigenvalue weighted by molar-refractivity contribution is 0.176. The lowest BCUT2D eigenvalue weighted by Crippen LogP contribution is -2.20. The molecule has 190 valence electrons. The predicted molar refractivity (Wildman–Crippen MR) is 147 cm³/mol. The Morgan fingerprint density at radius 3 is 2.53 bits per heavy atom. The largest absolute Gasteiger partial charge is 0.374 e. The average molecular weight is 508 g/mol. The molecular weight excluding hydrogens is 481 g/mol. The summed E-state index contributed by atoms with van der Waals surface area (Å²) >= 11 is 0. The molecular formula is C29H26FN7O. The number of halogens is 1. The van der Waals surface area contributed by atoms with Crippen LogP contribution in [0.4, 0.5) is 10.1 Å². The quantitative estimate of drug-likeness (QED) is 0.193. The highest BCUT2D eigenvalue weighted by Gasteiger charge is 2.16. The minimum Gasteiger partial charge on any atom is -0.374 e. The van der Waals surface area contributed by atoms with Gasteiger partial charge in [-0.2, -0.15) is 5.10 Å². The van der Waals surface area contributed by atoms with E-state index in [4.69, 9.17) is 0 Å². The van der Waals surface area contributed by atoms with Gasteiger partial charge >= 0.3 is 0 Å². The van der Waals surface area contributed by atoms with Gasteiger partial charge in [-0.15, -0.1) is 0 Å². The Morgan fingerprint density at radius 2 is 1.71 bits per heavy atom. The van der Waals surface area contributed by atoms with Gasteiger partial charge in [0.1, 0.15) is 17.7 Å². The summed E-state index contributed by atoms with van der Waals surface area (Å²) < 4.78 is 13.5. The zero-order chi connectivity index (χ0) is 26.2. The van der Waals surface area contributed by atoms with Gasteiger partial charge in [0.05, 0.1) is 23.3 Å². The third-order valence-electron chi connectivity index (χ3n) is 6.44. The standard InChI is InChI=1S/C29H26FN7O/c1-16(2)9-26(38)34-21-10-18(13-31-15-21)19-11-23-28(36-37-29(23)33-14-19)25-12-22-24(35-25)7-8-32-27(22)17-3-5-20(30)6-4-17/h3-8,10-16,26,34-35,38H,9H2,1-2H3,(H,33,36,37). The van der Waals surface area contributed by atoms with Crippen LogP contribution in [0, 0.1) is 11.7 Å². The summed E-state index contributed by atoms with van der Waals surface area (Å²) in [5.74, 6) is 0.0807. The number of hydrogen-bond donors (Lipinski definition) is 4. The number of hydrogen-bond acceptors (Lipinski definition) is 6. The molecule has 0 aliphatic heterocycles. The first-order valence-corrected chi connectivity index (χ1v) is 12.4. The zero-order valence-electron chi connectivity index (χ0n) is 20.9. The molecule has 6 rings (SSSR count). The van der Waals surface area contributed by atoms with Crippen molar-refractivity contribution in [3.8, 4) is 33.8 Å². The van der Waals surface area contributed by atoms with Gasteiger partial charge in [0.15, 0.2) is 5.65 Å². The second-order valence-corrected chi connectivity index (χ2v) is 9.76. The number of aromatic nitrogens is 6. The van der Waals surface area contributed by atoms with Gasteiger partial charge in [-0.05, 0) is 60.9 Å². The number of nitrogens with zero attached hydrogens (tertiary/aromatic N) is 4. The van der Waals surface area contributed by atoms with Crippen molar-refractivity contribution in [3.05, 3.63) is 79.1 Å². The van der Waals surface area contributed by atoms with E-state index < -0.39 is 6.23 Å². The van der Waals surface area contributed by atoms with Gasteiger partial charge in [-0.25, -0.2) is 9.37 Å². The summed E-state index contributed by atoms with van der Waals surface area (Å²) in [7, 11) is 0. The fourth-order valence-corrected chi connectivity index (χ4v) is 4.66. The lowest BCUT2D eigenvalue weighted by atomic mass is 10.1. The summed E-state index contributed by atoms with van der Waals surface area (Å²) in [6.07, 6.45) is 6.96. The van der Waals surface area contributed by atoms with Crippen LogP contribution in [-0.2, 0) is 0 Å². The summed E-state index contributed by atoms with van der Waals surface area (Å²) in [5.41, 5.74) is 7.17. The van der Waals surface area contributed by atoms with Crippen molar-refractivity contribution in [2.45, 2.75) is 26.5 Å². The number of nitrogens with one attached hydrogen (secondary N) is 3. The Morgan fingerprint density at radius 1 is 0.895 bits per heavy atom. The van der Waals surface area contributed by atoms with E-state index in [-0.39, 0.29) is 5.82 Å². The second kappa shape index (κ2) is 9.68. The van der Waals surface area contributed by atoms with Gasteiger partial charge in [0.25, 0.3) is 0 Å². The maximum absolute atomic E-state index is 13.5. The number of benzene rings is 1. The van der Waals surface area contributed by atoms with Crippen LogP contribution in [0.3, 0.4) is 0 Å². The summed E-state index contributed by atoms with van der Waals surface area (Å²) in [5, 5.41) is 22.7. The normalized spacial score (nSPS) is 12.4. The first-order valence-electron chi connectivity index (χ1n) is 12.4. The van der Waals surface area contributed by atoms with Gasteiger partial charge in [0, 0.05) is 51.6 Å². The van der Waals surface area contributed by atoms with Crippen molar-refractivity contribution >= 4 is 27.6 Å². The molecule has 1 aromatic carbocycles. The molecule has 8 nitrogen and oxygen atoms in total. The van der Waals surface area contributed by atoms with E-state index in [1.165, 1.54) is 12.1 Å². The van der Waals surface area contributed by atoms with Gasteiger partial charge < -0.3 is 15.4 Å². The number of rotatable bonds is 7. The molecule has 38 heavy (non-hydrogen) atoms. The van der Waals surface area contributed by atoms with E-state index >= 15 is 0 Å². The SMILES string of the molecule is CC(C)CC(O)Nc1cncc(-c2cnc3[nH]nc(-c4cc5c(-c6ccc(F)cc6)nccc5[nH]4)c3c2)c1. The van der Waals surface area contributed by atoms with E-state index in [1.54, 1.807) is 36.9 Å². The third kappa shape index (κ3) is 4.59. The first-order chi connectivity index (χ1) is 18.4. The Kier molecular flexibility index (Phi) is 6.05. The Bertz CT molecular complexity index is 1740. The highest BCUT2D eigenvalue weighted by molar-refractivity contribution is 6.00. The highest BCUT2D eigenvalue weighted by Crippen LogP contribution is 2.34. The van der Waals surface area contributed by atoms with Crippen LogP contribution in [0.5, 0.6) is 0 Å². The molecule has 5 aromatic heterocycles. The van der Waals surface area contributed by atoms with Crippen LogP contribution < -0.4 is 5.32 Å². The summed E-state index contributed by atoms with van der Waals surface area (Å²) in [4.78, 5) is 16.9. The van der Waals surface area contributed by atoms with Crippen molar-refractivity contribution in [2.75, 3.05) is 5.32 Å². The van der Waals surface area contributed by atoms with E-state index in [2.05, 4.69) is 49.3 Å². The lowest BCUT2D eigenvalue weighted by Gasteiger charge is -2.16. The van der Waals surface area contributed by atoms with Crippen molar-refractivity contribution in [3.63, 3.8) is 0 Å². The molecule has 0 amide bonds. The molecule has 0 saturated heterocycles. The number of aliphatic hydroxyl groups excluding tert-OH is 1. The van der Waals surface area contributed by atoms with Crippen LogP contribution in [0.25, 0.3) is 55.7 Å². The minimum atomic E-state index is -0.649. The van der Waals surface area contributed by atoms with Gasteiger partial charge in [0.2, 0.25) is 0 Å². The molecule has 0 radical (unpaired) electrons. The second-order valence-electron chi connectivity index (χ2n) is 9.76. The predicted octanol–water partition coefficient (Wildman–Crippen LogP) is 6.15. The van der Waals surface area contributed by atoms with Crippen LogP contribution in [0.2, 0.25) is 0 Å². The van der Waals surface area contributed by atoms with Crippen LogP contribution in [0.15, 0.2) is 73.3 Å². The number of H-pyrrole nitrogens is 2. The van der Waals surface area contributed by atoms with Crippen molar-refractivity contribution in [1.29, 1.82) is 0 Å². The molecule has 1 unspecified atom stereocenters. The molecule has 6 aromatic rings. The van der Waals surface area contributed by atoms with Crippen LogP contribution in [-0.4, -0.2) is 41.5 Å². The Hall–Kier alpha value is -4.63. The number of fused-ring (bicyclic) bond motifs is 2. The molecule has 9 heteroatoms. The maximum Gasteiger partial charge on any atom is 0.155 e. The smallest absolute Gasteiger partial charge is 0.155 e. The molecule has 5 heterocycles. The monoisotopic (exact) mass is 507 g/mol. The molecule has 0 bridgehead atoms. The molecule has 0 aliphatic carbocycles. The third-order valence-corrected chi connectivity index (χ3v) is 6.44. The van der Waals surface area contributed by atoms with E-state index in [9.17, 15) is 9.50 Å².